The van der Waals surface area contributed by atoms with Crippen LogP contribution in [-0.2, 0) is 26.8 Å². The van der Waals surface area contributed by atoms with Crippen LogP contribution in [0.1, 0.15) is 30.5 Å². The minimum Gasteiger partial charge on any atom is -0.451 e. The van der Waals surface area contributed by atoms with Crippen LogP contribution >= 0.6 is 15.9 Å². The summed E-state index contributed by atoms with van der Waals surface area (Å²) in [6, 6.07) is 6.63. The topological polar surface area (TPSA) is 96.6 Å². The molecule has 1 amide bonds. The van der Waals surface area contributed by atoms with Gasteiger partial charge in [0.2, 0.25) is 11.0 Å². The lowest BCUT2D eigenvalue weighted by atomic mass is 10.0. The summed E-state index contributed by atoms with van der Waals surface area (Å²) in [4.78, 5) is 12.0. The molecule has 0 radical (unpaired) electrons. The Labute approximate surface area is 149 Å². The maximum Gasteiger partial charge on any atom is 0.297 e. The Morgan fingerprint density at radius 2 is 1.96 bits per heavy atom. The van der Waals surface area contributed by atoms with Crippen LogP contribution in [0, 0.1) is 6.92 Å². The van der Waals surface area contributed by atoms with Crippen LogP contribution in [0.5, 0.6) is 0 Å². The first-order chi connectivity index (χ1) is 11.0. The number of benzene rings is 1. The fourth-order valence-electron chi connectivity index (χ4n) is 2.11. The normalized spacial score (nSPS) is 12.2. The molecule has 0 spiro atoms. The predicted octanol–water partition coefficient (Wildman–Crippen LogP) is 2.63. The zero-order valence-corrected chi connectivity index (χ0v) is 15.9. The van der Waals surface area contributed by atoms with Crippen molar-refractivity contribution in [2.45, 2.75) is 37.9 Å². The Morgan fingerprint density at radius 1 is 1.29 bits per heavy atom. The molecule has 0 aliphatic carbocycles. The molecule has 0 bridgehead atoms. The SMILES string of the molecule is Cc1cc(Br)cc(CC(=O)NS(=O)(=O)c2cc(C(C)(C)O)co2)c1. The lowest BCUT2D eigenvalue weighted by Gasteiger charge is -2.13. The highest BCUT2D eigenvalue weighted by molar-refractivity contribution is 9.10. The van der Waals surface area contributed by atoms with Gasteiger partial charge in [-0.05, 0) is 44.0 Å². The maximum absolute atomic E-state index is 12.2. The second-order valence-corrected chi connectivity index (χ2v) is 8.58. The molecular formula is C16H18BrNO5S. The summed E-state index contributed by atoms with van der Waals surface area (Å²) < 4.78 is 32.1. The van der Waals surface area contributed by atoms with Crippen molar-refractivity contribution in [1.29, 1.82) is 0 Å². The van der Waals surface area contributed by atoms with Gasteiger partial charge in [-0.25, -0.2) is 4.72 Å². The van der Waals surface area contributed by atoms with Crippen molar-refractivity contribution >= 4 is 31.9 Å². The standard InChI is InChI=1S/C16H18BrNO5S/c1-10-4-11(6-13(17)5-10)7-14(19)18-24(21,22)15-8-12(9-23-15)16(2,3)20/h4-6,8-9,20H,7H2,1-3H3,(H,18,19). The van der Waals surface area contributed by atoms with E-state index in [2.05, 4.69) is 15.9 Å². The van der Waals surface area contributed by atoms with Gasteiger partial charge < -0.3 is 9.52 Å². The number of hydrogen-bond acceptors (Lipinski definition) is 5. The van der Waals surface area contributed by atoms with Crippen molar-refractivity contribution in [1.82, 2.24) is 4.72 Å². The molecule has 1 aromatic carbocycles. The summed E-state index contributed by atoms with van der Waals surface area (Å²) in [6.07, 6.45) is 1.06. The van der Waals surface area contributed by atoms with Gasteiger partial charge in [-0.15, -0.1) is 0 Å². The molecule has 0 fully saturated rings. The quantitative estimate of drug-likeness (QED) is 0.781. The average molecular weight is 416 g/mol. The highest BCUT2D eigenvalue weighted by atomic mass is 79.9. The summed E-state index contributed by atoms with van der Waals surface area (Å²) in [5.41, 5.74) is 0.704. The molecule has 0 aliphatic heterocycles. The molecule has 24 heavy (non-hydrogen) atoms. The van der Waals surface area contributed by atoms with Crippen molar-refractivity contribution in [3.05, 3.63) is 51.7 Å². The third-order valence-electron chi connectivity index (χ3n) is 3.26. The van der Waals surface area contributed by atoms with Gasteiger partial charge >= 0.3 is 0 Å². The van der Waals surface area contributed by atoms with E-state index in [4.69, 9.17) is 4.42 Å². The van der Waals surface area contributed by atoms with Crippen LogP contribution in [0.25, 0.3) is 0 Å². The molecule has 0 saturated carbocycles. The molecule has 130 valence electrons. The second-order valence-electron chi connectivity index (χ2n) is 6.06. The Kier molecular flexibility index (Phi) is 5.22. The molecule has 1 heterocycles. The molecular weight excluding hydrogens is 398 g/mol. The summed E-state index contributed by atoms with van der Waals surface area (Å²) in [7, 11) is -4.13. The molecule has 0 saturated heterocycles. The van der Waals surface area contributed by atoms with Crippen LogP contribution in [0.15, 0.2) is 44.5 Å². The number of nitrogens with one attached hydrogen (secondary N) is 1. The van der Waals surface area contributed by atoms with Gasteiger partial charge in [0.25, 0.3) is 10.0 Å². The van der Waals surface area contributed by atoms with E-state index in [-0.39, 0.29) is 6.42 Å². The first kappa shape index (κ1) is 18.7. The van der Waals surface area contributed by atoms with E-state index >= 15 is 0 Å². The molecule has 8 heteroatoms. The zero-order chi connectivity index (χ0) is 18.1. The number of carbonyl (C=O) groups excluding carboxylic acids is 1. The van der Waals surface area contributed by atoms with E-state index < -0.39 is 26.6 Å². The minimum atomic E-state index is -4.13. The third kappa shape index (κ3) is 4.68. The number of hydrogen-bond donors (Lipinski definition) is 2. The number of sulfonamides is 1. The van der Waals surface area contributed by atoms with Gasteiger partial charge in [0.1, 0.15) is 0 Å². The molecule has 2 N–H and O–H groups in total. The van der Waals surface area contributed by atoms with Gasteiger partial charge in [-0.3, -0.25) is 4.79 Å². The van der Waals surface area contributed by atoms with Gasteiger partial charge in [0, 0.05) is 16.1 Å². The number of rotatable bonds is 5. The number of furan rings is 1. The van der Waals surface area contributed by atoms with Crippen molar-refractivity contribution in [3.63, 3.8) is 0 Å². The van der Waals surface area contributed by atoms with Gasteiger partial charge in [0.15, 0.2) is 0 Å². The minimum absolute atomic E-state index is 0.0848. The first-order valence-corrected chi connectivity index (χ1v) is 9.38. The highest BCUT2D eigenvalue weighted by Crippen LogP contribution is 2.24. The molecule has 2 rings (SSSR count). The monoisotopic (exact) mass is 415 g/mol. The summed E-state index contributed by atoms with van der Waals surface area (Å²) >= 11 is 3.33. The second kappa shape index (κ2) is 6.70. The Hall–Kier alpha value is -1.64. The number of aryl methyl sites for hydroxylation is 1. The average Bonchev–Trinajstić information content (AvgIpc) is 2.85. The van der Waals surface area contributed by atoms with Crippen LogP contribution in [0.3, 0.4) is 0 Å². The van der Waals surface area contributed by atoms with E-state index in [1.165, 1.54) is 19.9 Å². The predicted molar refractivity (Wildman–Crippen MR) is 91.9 cm³/mol. The maximum atomic E-state index is 12.2. The molecule has 0 aliphatic rings. The van der Waals surface area contributed by atoms with Crippen LogP contribution in [0.2, 0.25) is 0 Å². The van der Waals surface area contributed by atoms with Gasteiger partial charge in [0.05, 0.1) is 18.3 Å². The third-order valence-corrected chi connectivity index (χ3v) is 4.96. The van der Waals surface area contributed by atoms with E-state index in [0.717, 1.165) is 16.3 Å². The van der Waals surface area contributed by atoms with Crippen molar-refractivity contribution < 1.29 is 22.7 Å². The number of carbonyl (C=O) groups is 1. The lowest BCUT2D eigenvalue weighted by molar-refractivity contribution is -0.118. The van der Waals surface area contributed by atoms with Gasteiger partial charge in [-0.1, -0.05) is 22.0 Å². The largest absolute Gasteiger partial charge is 0.451 e. The molecule has 0 atom stereocenters. The Balaban J connectivity index is 2.14. The lowest BCUT2D eigenvalue weighted by Crippen LogP contribution is -2.31. The van der Waals surface area contributed by atoms with Crippen molar-refractivity contribution in [3.8, 4) is 0 Å². The van der Waals surface area contributed by atoms with Crippen molar-refractivity contribution in [2.24, 2.45) is 0 Å². The smallest absolute Gasteiger partial charge is 0.297 e. The molecule has 0 unspecified atom stereocenters. The van der Waals surface area contributed by atoms with Gasteiger partial charge in [-0.2, -0.15) is 8.42 Å². The molecule has 6 nitrogen and oxygen atoms in total. The summed E-state index contributed by atoms with van der Waals surface area (Å²) in [5, 5.41) is 9.43. The van der Waals surface area contributed by atoms with Crippen molar-refractivity contribution in [2.75, 3.05) is 0 Å². The first-order valence-electron chi connectivity index (χ1n) is 7.10. The fraction of sp³-hybridized carbons (Fsp3) is 0.312. The number of aliphatic hydroxyl groups is 1. The van der Waals surface area contributed by atoms with E-state index in [0.29, 0.717) is 11.1 Å². The van der Waals surface area contributed by atoms with Crippen LogP contribution in [-0.4, -0.2) is 19.4 Å². The number of amides is 1. The van der Waals surface area contributed by atoms with E-state index in [1.54, 1.807) is 12.1 Å². The van der Waals surface area contributed by atoms with Crippen LogP contribution < -0.4 is 4.72 Å². The van der Waals surface area contributed by atoms with E-state index in [1.807, 2.05) is 17.7 Å². The van der Waals surface area contributed by atoms with Crippen LogP contribution in [0.4, 0.5) is 0 Å². The molecule has 2 aromatic rings. The molecule has 1 aromatic heterocycles. The number of halogens is 1. The summed E-state index contributed by atoms with van der Waals surface area (Å²) in [5.74, 6) is -0.672. The summed E-state index contributed by atoms with van der Waals surface area (Å²) in [6.45, 7) is 4.88. The Morgan fingerprint density at radius 3 is 2.50 bits per heavy atom. The highest BCUT2D eigenvalue weighted by Gasteiger charge is 2.26. The fourth-order valence-corrected chi connectivity index (χ4v) is 3.70. The zero-order valence-electron chi connectivity index (χ0n) is 13.5. The Bertz CT molecular complexity index is 845. The van der Waals surface area contributed by atoms with E-state index in [9.17, 15) is 18.3 Å².